The number of benzene rings is 1. The summed E-state index contributed by atoms with van der Waals surface area (Å²) < 4.78 is 1.87. The lowest BCUT2D eigenvalue weighted by atomic mass is 9.91. The van der Waals surface area contributed by atoms with Gasteiger partial charge in [-0.05, 0) is 24.0 Å². The molecule has 11 nitrogen and oxygen atoms in total. The molecule has 0 saturated carbocycles. The minimum absolute atomic E-state index is 0.168. The van der Waals surface area contributed by atoms with E-state index in [0.717, 1.165) is 52.2 Å². The van der Waals surface area contributed by atoms with Gasteiger partial charge in [0.15, 0.2) is 0 Å². The molecule has 0 spiro atoms. The zero-order valence-electron chi connectivity index (χ0n) is 20.1. The number of aryl methyl sites for hydroxylation is 3. The van der Waals surface area contributed by atoms with Gasteiger partial charge in [0, 0.05) is 56.5 Å². The molecule has 4 rings (SSSR count). The quantitative estimate of drug-likeness (QED) is 0.311. The summed E-state index contributed by atoms with van der Waals surface area (Å²) in [5, 5.41) is 21.1. The van der Waals surface area contributed by atoms with Gasteiger partial charge in [0.1, 0.15) is 12.4 Å². The maximum Gasteiger partial charge on any atom is 0.325 e. The van der Waals surface area contributed by atoms with Crippen LogP contribution in [0.3, 0.4) is 0 Å². The van der Waals surface area contributed by atoms with E-state index in [4.69, 9.17) is 26.3 Å². The Morgan fingerprint density at radius 1 is 1.31 bits per heavy atom. The molecule has 0 amide bonds. The van der Waals surface area contributed by atoms with E-state index in [-0.39, 0.29) is 30.7 Å². The molecule has 184 valence electrons. The number of hydrogen-bond acceptors (Lipinski definition) is 8. The molecule has 11 heteroatoms. The summed E-state index contributed by atoms with van der Waals surface area (Å²) in [7, 11) is 3.62. The van der Waals surface area contributed by atoms with Crippen molar-refractivity contribution in [2.45, 2.75) is 25.2 Å². The number of carbonyl (C=O) groups is 1. The van der Waals surface area contributed by atoms with Gasteiger partial charge in [-0.25, -0.2) is 9.97 Å². The summed E-state index contributed by atoms with van der Waals surface area (Å²) in [5.41, 5.74) is 12.6. The molecule has 3 aromatic rings. The summed E-state index contributed by atoms with van der Waals surface area (Å²) in [6.45, 7) is -0.315. The van der Waals surface area contributed by atoms with Gasteiger partial charge in [-0.2, -0.15) is 10.1 Å². The highest BCUT2D eigenvalue weighted by atomic mass is 16.4. The van der Waals surface area contributed by atoms with Gasteiger partial charge in [0.05, 0.1) is 23.0 Å². The first-order valence-corrected chi connectivity index (χ1v) is 11.4. The van der Waals surface area contributed by atoms with Crippen molar-refractivity contribution in [2.75, 3.05) is 13.6 Å². The normalized spacial score (nSPS) is 14.1. The summed E-state index contributed by atoms with van der Waals surface area (Å²) in [4.78, 5) is 31.8. The number of rotatable bonds is 9. The standard InChI is InChI=1S/C25H27N9O2/c1-28-12-18(11-26)15-3-5-16(6-4-15)24-22-19(33-34(24)2)8-7-17-13-30-25(32-23(17)22)31-20(27)9-10-29-14-21(35)36/h3-6,10-13,18,26H,7-9,14H2,1-2H3,(H,35,36)(H2,27,30,31,32). The predicted molar refractivity (Wildman–Crippen MR) is 140 cm³/mol. The van der Waals surface area contributed by atoms with Crippen LogP contribution in [-0.2, 0) is 24.7 Å². The maximum atomic E-state index is 10.6. The van der Waals surface area contributed by atoms with Crippen molar-refractivity contribution in [3.05, 3.63) is 47.3 Å². The number of aliphatic carboxylic acids is 1. The number of carboxylic acid groups (broad SMARTS) is 1. The minimum Gasteiger partial charge on any atom is -0.480 e. The molecule has 0 radical (unpaired) electrons. The second-order valence-corrected chi connectivity index (χ2v) is 8.28. The highest BCUT2D eigenvalue weighted by Crippen LogP contribution is 2.39. The van der Waals surface area contributed by atoms with Gasteiger partial charge in [-0.15, -0.1) is 0 Å². The number of aliphatic imine (C=N–C) groups is 3. The zero-order chi connectivity index (χ0) is 25.7. The number of aromatic nitrogens is 4. The van der Waals surface area contributed by atoms with Crippen LogP contribution < -0.4 is 5.73 Å². The average Bonchev–Trinajstić information content (AvgIpc) is 3.21. The third-order valence-electron chi connectivity index (χ3n) is 5.80. The third kappa shape index (κ3) is 5.24. The lowest BCUT2D eigenvalue weighted by Crippen LogP contribution is -2.13. The van der Waals surface area contributed by atoms with E-state index in [9.17, 15) is 4.79 Å². The molecule has 36 heavy (non-hydrogen) atoms. The van der Waals surface area contributed by atoms with Crippen LogP contribution >= 0.6 is 0 Å². The highest BCUT2D eigenvalue weighted by Gasteiger charge is 2.27. The van der Waals surface area contributed by atoms with Crippen LogP contribution in [0.5, 0.6) is 0 Å². The molecular formula is C25H27N9O2. The highest BCUT2D eigenvalue weighted by molar-refractivity contribution is 5.94. The van der Waals surface area contributed by atoms with E-state index in [2.05, 4.69) is 20.0 Å². The van der Waals surface area contributed by atoms with Gasteiger partial charge >= 0.3 is 5.97 Å². The monoisotopic (exact) mass is 485 g/mol. The zero-order valence-corrected chi connectivity index (χ0v) is 20.1. The van der Waals surface area contributed by atoms with Crippen LogP contribution in [0.4, 0.5) is 5.95 Å². The Labute approximate surface area is 208 Å². The average molecular weight is 486 g/mol. The van der Waals surface area contributed by atoms with Crippen molar-refractivity contribution >= 4 is 36.4 Å². The summed E-state index contributed by atoms with van der Waals surface area (Å²) in [5.74, 6) is -0.720. The van der Waals surface area contributed by atoms with Gasteiger partial charge in [-0.3, -0.25) is 19.5 Å². The molecule has 0 bridgehead atoms. The number of carboxylic acids is 1. The molecule has 0 fully saturated rings. The smallest absolute Gasteiger partial charge is 0.325 e. The molecular weight excluding hydrogens is 458 g/mol. The van der Waals surface area contributed by atoms with E-state index in [0.29, 0.717) is 0 Å². The fourth-order valence-electron chi connectivity index (χ4n) is 4.16. The number of hydrogen-bond donors (Lipinski definition) is 3. The van der Waals surface area contributed by atoms with Gasteiger partial charge < -0.3 is 16.2 Å². The Morgan fingerprint density at radius 3 is 2.78 bits per heavy atom. The van der Waals surface area contributed by atoms with Crippen LogP contribution in [0.15, 0.2) is 45.4 Å². The van der Waals surface area contributed by atoms with E-state index in [1.54, 1.807) is 19.5 Å². The predicted octanol–water partition coefficient (Wildman–Crippen LogP) is 2.61. The second kappa shape index (κ2) is 10.8. The molecule has 4 N–H and O–H groups in total. The Morgan fingerprint density at radius 2 is 2.08 bits per heavy atom. The van der Waals surface area contributed by atoms with Crippen LogP contribution in [0.2, 0.25) is 0 Å². The van der Waals surface area contributed by atoms with Crippen molar-refractivity contribution in [1.82, 2.24) is 19.7 Å². The first kappa shape index (κ1) is 24.6. The van der Waals surface area contributed by atoms with Crippen molar-refractivity contribution in [2.24, 2.45) is 27.8 Å². The van der Waals surface area contributed by atoms with Crippen molar-refractivity contribution < 1.29 is 9.90 Å². The Balaban J connectivity index is 1.68. The lowest BCUT2D eigenvalue weighted by molar-refractivity contribution is -0.135. The van der Waals surface area contributed by atoms with E-state index in [1.165, 1.54) is 12.4 Å². The van der Waals surface area contributed by atoms with E-state index >= 15 is 0 Å². The first-order valence-electron chi connectivity index (χ1n) is 11.4. The molecule has 2 heterocycles. The van der Waals surface area contributed by atoms with Crippen LogP contribution in [0, 0.1) is 5.41 Å². The number of amidine groups is 1. The number of nitrogens with one attached hydrogen (secondary N) is 1. The van der Waals surface area contributed by atoms with E-state index in [1.807, 2.05) is 36.0 Å². The van der Waals surface area contributed by atoms with Crippen molar-refractivity contribution in [1.29, 1.82) is 5.41 Å². The Bertz CT molecular complexity index is 1370. The molecule has 1 atom stereocenters. The molecule has 2 aromatic heterocycles. The first-order chi connectivity index (χ1) is 17.4. The lowest BCUT2D eigenvalue weighted by Gasteiger charge is -2.16. The molecule has 1 unspecified atom stereocenters. The molecule has 0 aliphatic heterocycles. The second-order valence-electron chi connectivity index (χ2n) is 8.28. The summed E-state index contributed by atoms with van der Waals surface area (Å²) in [6, 6.07) is 8.04. The molecule has 0 saturated heterocycles. The maximum absolute atomic E-state index is 10.6. The fraction of sp³-hybridized carbons (Fsp3) is 0.280. The Kier molecular flexibility index (Phi) is 7.38. The van der Waals surface area contributed by atoms with Crippen LogP contribution in [0.1, 0.15) is 29.2 Å². The summed E-state index contributed by atoms with van der Waals surface area (Å²) in [6.07, 6.45) is 8.06. The van der Waals surface area contributed by atoms with Crippen molar-refractivity contribution in [3.8, 4) is 22.5 Å². The van der Waals surface area contributed by atoms with Gasteiger partial charge in [0.2, 0.25) is 0 Å². The number of nitrogens with two attached hydrogens (primary N) is 1. The van der Waals surface area contributed by atoms with Gasteiger partial charge in [-0.1, -0.05) is 24.3 Å². The van der Waals surface area contributed by atoms with E-state index < -0.39 is 5.97 Å². The molecule has 1 aliphatic carbocycles. The van der Waals surface area contributed by atoms with Crippen molar-refractivity contribution in [3.63, 3.8) is 0 Å². The molecule has 1 aliphatic rings. The largest absolute Gasteiger partial charge is 0.480 e. The summed E-state index contributed by atoms with van der Waals surface area (Å²) >= 11 is 0. The Hall–Kier alpha value is -4.54. The van der Waals surface area contributed by atoms with Gasteiger partial charge in [0.25, 0.3) is 5.95 Å². The molecule has 1 aromatic carbocycles. The number of fused-ring (bicyclic) bond motifs is 3. The topological polar surface area (TPSA) is 168 Å². The fourth-order valence-corrected chi connectivity index (χ4v) is 4.16. The SMILES string of the molecule is CN=CC(C=N)c1ccc(-c2c3c(nn2C)CCc2cnc(N=C(N)CC=NCC(=O)O)nc2-3)cc1. The van der Waals surface area contributed by atoms with Crippen LogP contribution in [-0.4, -0.2) is 68.9 Å². The minimum atomic E-state index is -1.01. The van der Waals surface area contributed by atoms with Crippen LogP contribution in [0.25, 0.3) is 22.5 Å². The number of nitrogens with zero attached hydrogens (tertiary/aromatic N) is 7. The third-order valence-corrected chi connectivity index (χ3v) is 5.80.